The molecule has 0 fully saturated rings. The number of aromatic nitrogens is 2. The second-order valence-electron chi connectivity index (χ2n) is 6.59. The molecule has 5 heteroatoms. The third-order valence-corrected chi connectivity index (χ3v) is 3.23. The van der Waals surface area contributed by atoms with E-state index in [0.29, 0.717) is 5.92 Å². The molecule has 0 radical (unpaired) electrons. The first kappa shape index (κ1) is 17.7. The molecule has 0 aliphatic rings. The summed E-state index contributed by atoms with van der Waals surface area (Å²) >= 11 is 0. The largest absolute Gasteiger partial charge is 0.384 e. The Bertz CT molecular complexity index is 454. The van der Waals surface area contributed by atoms with Crippen LogP contribution in [0, 0.1) is 12.8 Å². The van der Waals surface area contributed by atoms with Crippen molar-refractivity contribution in [1.29, 1.82) is 0 Å². The molecule has 0 saturated heterocycles. The number of rotatable bonds is 7. The fourth-order valence-electron chi connectivity index (χ4n) is 1.98. The van der Waals surface area contributed by atoms with Crippen molar-refractivity contribution in [2.24, 2.45) is 5.92 Å². The zero-order valence-electron chi connectivity index (χ0n) is 14.5. The van der Waals surface area contributed by atoms with Crippen LogP contribution < -0.4 is 10.6 Å². The van der Waals surface area contributed by atoms with Crippen molar-refractivity contribution in [2.45, 2.75) is 47.0 Å². The summed E-state index contributed by atoms with van der Waals surface area (Å²) in [6.45, 7) is 15.1. The van der Waals surface area contributed by atoms with Gasteiger partial charge in [-0.15, -0.1) is 0 Å². The Morgan fingerprint density at radius 1 is 1.14 bits per heavy atom. The minimum Gasteiger partial charge on any atom is -0.384 e. The predicted octanol–water partition coefficient (Wildman–Crippen LogP) is 3.21. The van der Waals surface area contributed by atoms with Crippen LogP contribution in [0.3, 0.4) is 0 Å². The number of hydrogen-bond donors (Lipinski definition) is 2. The van der Waals surface area contributed by atoms with Gasteiger partial charge in [0.25, 0.3) is 0 Å². The van der Waals surface area contributed by atoms with Gasteiger partial charge in [-0.1, -0.05) is 27.7 Å². The molecule has 0 aromatic carbocycles. The van der Waals surface area contributed by atoms with E-state index >= 15 is 0 Å². The predicted molar refractivity (Wildman–Crippen MR) is 89.2 cm³/mol. The summed E-state index contributed by atoms with van der Waals surface area (Å²) in [5.41, 5.74) is 0.987. The Morgan fingerprint density at radius 2 is 1.71 bits per heavy atom. The first-order chi connectivity index (χ1) is 9.79. The summed E-state index contributed by atoms with van der Waals surface area (Å²) in [5.74, 6) is 3.11. The zero-order valence-corrected chi connectivity index (χ0v) is 14.5. The van der Waals surface area contributed by atoms with Crippen LogP contribution in [-0.2, 0) is 10.2 Å². The van der Waals surface area contributed by atoms with Crippen LogP contribution in [0.15, 0.2) is 0 Å². The second kappa shape index (κ2) is 7.59. The number of methoxy groups -OCH3 is 1. The molecule has 0 aliphatic heterocycles. The maximum absolute atomic E-state index is 5.18. The minimum atomic E-state index is -0.0769. The van der Waals surface area contributed by atoms with Gasteiger partial charge in [0.05, 0.1) is 6.61 Å². The molecule has 0 spiro atoms. The average Bonchev–Trinajstić information content (AvgIpc) is 2.39. The molecule has 0 bridgehead atoms. The highest BCUT2D eigenvalue weighted by Crippen LogP contribution is 2.26. The molecule has 1 aromatic heterocycles. The highest BCUT2D eigenvalue weighted by Gasteiger charge is 2.21. The monoisotopic (exact) mass is 294 g/mol. The third-order valence-electron chi connectivity index (χ3n) is 3.23. The van der Waals surface area contributed by atoms with Gasteiger partial charge in [0.15, 0.2) is 0 Å². The Morgan fingerprint density at radius 3 is 2.19 bits per heavy atom. The second-order valence-corrected chi connectivity index (χ2v) is 6.59. The Labute approximate surface area is 128 Å². The fourth-order valence-corrected chi connectivity index (χ4v) is 1.98. The van der Waals surface area contributed by atoms with E-state index in [9.17, 15) is 0 Å². The Kier molecular flexibility index (Phi) is 6.40. The molecule has 0 saturated carbocycles. The smallest absolute Gasteiger partial charge is 0.138 e. The van der Waals surface area contributed by atoms with E-state index in [2.05, 4.69) is 50.2 Å². The highest BCUT2D eigenvalue weighted by molar-refractivity contribution is 5.57. The molecule has 0 amide bonds. The van der Waals surface area contributed by atoms with Crippen molar-refractivity contribution in [2.75, 3.05) is 37.4 Å². The average molecular weight is 294 g/mol. The van der Waals surface area contributed by atoms with Crippen LogP contribution in [-0.4, -0.2) is 36.8 Å². The summed E-state index contributed by atoms with van der Waals surface area (Å²) in [4.78, 5) is 9.39. The van der Waals surface area contributed by atoms with Crippen LogP contribution in [0.5, 0.6) is 0 Å². The van der Waals surface area contributed by atoms with Crippen LogP contribution >= 0.6 is 0 Å². The number of hydrogen-bond acceptors (Lipinski definition) is 5. The van der Waals surface area contributed by atoms with Crippen LogP contribution in [0.4, 0.5) is 11.6 Å². The van der Waals surface area contributed by atoms with Crippen molar-refractivity contribution >= 4 is 11.6 Å². The number of anilines is 2. The van der Waals surface area contributed by atoms with E-state index in [1.165, 1.54) is 0 Å². The maximum Gasteiger partial charge on any atom is 0.138 e. The molecule has 5 nitrogen and oxygen atoms in total. The summed E-state index contributed by atoms with van der Waals surface area (Å²) in [6, 6.07) is 0. The molecule has 1 rings (SSSR count). The topological polar surface area (TPSA) is 59.1 Å². The van der Waals surface area contributed by atoms with Crippen molar-refractivity contribution < 1.29 is 4.74 Å². The lowest BCUT2D eigenvalue weighted by atomic mass is 9.95. The molecule has 1 atom stereocenters. The molecule has 120 valence electrons. The van der Waals surface area contributed by atoms with Gasteiger partial charge in [0, 0.05) is 31.2 Å². The van der Waals surface area contributed by atoms with Crippen molar-refractivity contribution in [3.63, 3.8) is 0 Å². The number of nitrogens with one attached hydrogen (secondary N) is 2. The lowest BCUT2D eigenvalue weighted by molar-refractivity contribution is 0.164. The summed E-state index contributed by atoms with van der Waals surface area (Å²) in [6.07, 6.45) is 0. The SMILES string of the molecule is CCNc1nc(C(C)(C)C)nc(NCC(C)COC)c1C. The lowest BCUT2D eigenvalue weighted by Crippen LogP contribution is -2.22. The third kappa shape index (κ3) is 5.16. The van der Waals surface area contributed by atoms with Crippen LogP contribution in [0.25, 0.3) is 0 Å². The van der Waals surface area contributed by atoms with Gasteiger partial charge in [-0.25, -0.2) is 9.97 Å². The molecule has 1 aromatic rings. The van der Waals surface area contributed by atoms with Gasteiger partial charge in [-0.2, -0.15) is 0 Å². The van der Waals surface area contributed by atoms with Crippen LogP contribution in [0.1, 0.15) is 46.0 Å². The Balaban J connectivity index is 3.02. The summed E-state index contributed by atoms with van der Waals surface area (Å²) < 4.78 is 5.18. The van der Waals surface area contributed by atoms with E-state index in [4.69, 9.17) is 9.72 Å². The number of nitrogens with zero attached hydrogens (tertiary/aromatic N) is 2. The molecule has 1 unspecified atom stereocenters. The van der Waals surface area contributed by atoms with E-state index in [0.717, 1.165) is 42.7 Å². The van der Waals surface area contributed by atoms with Gasteiger partial charge in [0.1, 0.15) is 17.5 Å². The van der Waals surface area contributed by atoms with Crippen molar-refractivity contribution in [1.82, 2.24) is 9.97 Å². The van der Waals surface area contributed by atoms with E-state index in [1.807, 2.05) is 6.92 Å². The van der Waals surface area contributed by atoms with Gasteiger partial charge in [-0.05, 0) is 19.8 Å². The fraction of sp³-hybridized carbons (Fsp3) is 0.750. The summed E-state index contributed by atoms with van der Waals surface area (Å²) in [7, 11) is 1.73. The maximum atomic E-state index is 5.18. The first-order valence-corrected chi connectivity index (χ1v) is 7.65. The Hall–Kier alpha value is -1.36. The quantitative estimate of drug-likeness (QED) is 0.808. The zero-order chi connectivity index (χ0) is 16.0. The molecule has 2 N–H and O–H groups in total. The summed E-state index contributed by atoms with van der Waals surface area (Å²) in [5, 5.41) is 6.76. The van der Waals surface area contributed by atoms with E-state index in [-0.39, 0.29) is 5.41 Å². The highest BCUT2D eigenvalue weighted by atomic mass is 16.5. The first-order valence-electron chi connectivity index (χ1n) is 7.65. The minimum absolute atomic E-state index is 0.0769. The van der Waals surface area contributed by atoms with E-state index in [1.54, 1.807) is 7.11 Å². The molecule has 21 heavy (non-hydrogen) atoms. The van der Waals surface area contributed by atoms with E-state index < -0.39 is 0 Å². The number of ether oxygens (including phenoxy) is 1. The van der Waals surface area contributed by atoms with Crippen LogP contribution in [0.2, 0.25) is 0 Å². The van der Waals surface area contributed by atoms with Crippen molar-refractivity contribution in [3.05, 3.63) is 11.4 Å². The van der Waals surface area contributed by atoms with Gasteiger partial charge in [-0.3, -0.25) is 0 Å². The van der Waals surface area contributed by atoms with Gasteiger partial charge < -0.3 is 15.4 Å². The normalized spacial score (nSPS) is 13.1. The lowest BCUT2D eigenvalue weighted by Gasteiger charge is -2.22. The standard InChI is InChI=1S/C16H30N4O/c1-8-17-13-12(3)14(18-9-11(2)10-21-7)20-15(19-13)16(4,5)6/h11H,8-10H2,1-7H3,(H2,17,18,19,20). The molecular weight excluding hydrogens is 264 g/mol. The molecule has 1 heterocycles. The van der Waals surface area contributed by atoms with Crippen molar-refractivity contribution in [3.8, 4) is 0 Å². The van der Waals surface area contributed by atoms with Gasteiger partial charge >= 0.3 is 0 Å². The molecule has 0 aliphatic carbocycles. The molecular formula is C16H30N4O. The van der Waals surface area contributed by atoms with Gasteiger partial charge in [0.2, 0.25) is 0 Å².